The summed E-state index contributed by atoms with van der Waals surface area (Å²) in [5.74, 6) is -1.39. The van der Waals surface area contributed by atoms with E-state index in [1.807, 2.05) is 0 Å². The molecule has 0 spiro atoms. The Morgan fingerprint density at radius 2 is 1.79 bits per heavy atom. The summed E-state index contributed by atoms with van der Waals surface area (Å²) in [5, 5.41) is 15.1. The van der Waals surface area contributed by atoms with E-state index in [0.717, 1.165) is 0 Å². The monoisotopic (exact) mass is 479 g/mol. The Morgan fingerprint density at radius 3 is 2.32 bits per heavy atom. The number of benzene rings is 1. The van der Waals surface area contributed by atoms with Gasteiger partial charge in [0.25, 0.3) is 0 Å². The maximum Gasteiger partial charge on any atom is 0.408 e. The molecule has 3 amide bonds. The molecule has 0 bridgehead atoms. The lowest BCUT2D eigenvalue weighted by Gasteiger charge is -2.33. The average molecular weight is 480 g/mol. The summed E-state index contributed by atoms with van der Waals surface area (Å²) in [6.45, 7) is 12.2. The quantitative estimate of drug-likeness (QED) is 0.439. The number of nitrogens with zero attached hydrogens (tertiary/aromatic N) is 1. The van der Waals surface area contributed by atoms with E-state index in [4.69, 9.17) is 9.47 Å². The molecule has 34 heavy (non-hydrogen) atoms. The van der Waals surface area contributed by atoms with Crippen LogP contribution in [0.1, 0.15) is 65.1 Å². The fraction of sp³-hybridized carbons (Fsp3) is 0.583. The largest absolute Gasteiger partial charge is 0.508 e. The summed E-state index contributed by atoms with van der Waals surface area (Å²) in [4.78, 5) is 51.5. The van der Waals surface area contributed by atoms with Crippen molar-refractivity contribution in [2.24, 2.45) is 0 Å². The molecule has 0 radical (unpaired) electrons. The van der Waals surface area contributed by atoms with Crippen LogP contribution in [-0.4, -0.2) is 65.2 Å². The van der Waals surface area contributed by atoms with Gasteiger partial charge in [-0.25, -0.2) is 4.79 Å². The first kappa shape index (κ1) is 28.7. The third kappa shape index (κ3) is 8.92. The molecule has 1 aromatic carbocycles. The molecule has 190 valence electrons. The number of carbonyl (C=O) groups excluding carboxylic acids is 4. The van der Waals surface area contributed by atoms with Crippen LogP contribution in [0.5, 0.6) is 5.75 Å². The number of aromatic hydroxyl groups is 1. The zero-order chi connectivity index (χ0) is 26.1. The first-order valence-electron chi connectivity index (χ1n) is 11.3. The molecule has 0 saturated carbocycles. The zero-order valence-electron chi connectivity index (χ0n) is 21.1. The van der Waals surface area contributed by atoms with Crippen molar-refractivity contribution in [2.45, 2.75) is 72.6 Å². The number of rotatable bonds is 10. The van der Waals surface area contributed by atoms with Crippen LogP contribution in [0.25, 0.3) is 0 Å². The molecule has 0 heterocycles. The Morgan fingerprint density at radius 1 is 1.15 bits per heavy atom. The van der Waals surface area contributed by atoms with Crippen molar-refractivity contribution in [3.05, 3.63) is 29.3 Å². The lowest BCUT2D eigenvalue weighted by atomic mass is 10.0. The maximum absolute atomic E-state index is 13.3. The summed E-state index contributed by atoms with van der Waals surface area (Å²) in [5.41, 5.74) is 0.274. The van der Waals surface area contributed by atoms with Gasteiger partial charge < -0.3 is 30.1 Å². The maximum atomic E-state index is 13.3. The Balaban J connectivity index is 3.15. The molecule has 0 aliphatic heterocycles. The van der Waals surface area contributed by atoms with Gasteiger partial charge in [0.15, 0.2) is 0 Å². The van der Waals surface area contributed by atoms with Gasteiger partial charge in [-0.1, -0.05) is 6.07 Å². The molecule has 2 unspecified atom stereocenters. The molecule has 0 aromatic heterocycles. The van der Waals surface area contributed by atoms with Crippen molar-refractivity contribution in [1.82, 2.24) is 15.5 Å². The minimum Gasteiger partial charge on any atom is -0.508 e. The molecule has 0 aliphatic carbocycles. The average Bonchev–Trinajstić information content (AvgIpc) is 2.72. The molecule has 0 saturated heterocycles. The van der Waals surface area contributed by atoms with Crippen molar-refractivity contribution in [3.8, 4) is 5.75 Å². The second-order valence-corrected chi connectivity index (χ2v) is 8.79. The van der Waals surface area contributed by atoms with Crippen molar-refractivity contribution in [3.63, 3.8) is 0 Å². The highest BCUT2D eigenvalue weighted by atomic mass is 16.6. The van der Waals surface area contributed by atoms with Gasteiger partial charge in [0.05, 0.1) is 13.0 Å². The summed E-state index contributed by atoms with van der Waals surface area (Å²) in [6, 6.07) is 2.60. The van der Waals surface area contributed by atoms with E-state index in [-0.39, 0.29) is 31.9 Å². The predicted molar refractivity (Wildman–Crippen MR) is 126 cm³/mol. The van der Waals surface area contributed by atoms with Gasteiger partial charge in [0, 0.05) is 13.1 Å². The first-order valence-corrected chi connectivity index (χ1v) is 11.3. The third-order valence-electron chi connectivity index (χ3n) is 4.76. The number of alkyl carbamates (subject to hydrolysis) is 1. The van der Waals surface area contributed by atoms with Crippen LogP contribution in [0.3, 0.4) is 0 Å². The van der Waals surface area contributed by atoms with E-state index >= 15 is 0 Å². The number of phenolic OH excluding ortho intramolecular Hbond substituents is 1. The number of ether oxygens (including phenoxy) is 2. The summed E-state index contributed by atoms with van der Waals surface area (Å²) < 4.78 is 10.1. The molecular formula is C24H37N3O7. The first-order chi connectivity index (χ1) is 15.8. The molecular weight excluding hydrogens is 442 g/mol. The summed E-state index contributed by atoms with van der Waals surface area (Å²) in [7, 11) is 0. The van der Waals surface area contributed by atoms with Crippen LogP contribution in [0.2, 0.25) is 0 Å². The van der Waals surface area contributed by atoms with Crippen LogP contribution in [0.15, 0.2) is 18.2 Å². The van der Waals surface area contributed by atoms with E-state index in [1.54, 1.807) is 53.7 Å². The van der Waals surface area contributed by atoms with Gasteiger partial charge in [0.2, 0.25) is 11.8 Å². The number of nitrogens with one attached hydrogen (secondary N) is 2. The van der Waals surface area contributed by atoms with Gasteiger partial charge >= 0.3 is 12.1 Å². The van der Waals surface area contributed by atoms with Crippen molar-refractivity contribution >= 4 is 23.9 Å². The molecule has 1 rings (SSSR count). The summed E-state index contributed by atoms with van der Waals surface area (Å²) in [6.07, 6.45) is -0.766. The van der Waals surface area contributed by atoms with Gasteiger partial charge in [-0.05, 0) is 71.7 Å². The molecule has 3 N–H and O–H groups in total. The minimum absolute atomic E-state index is 0.0163. The van der Waals surface area contributed by atoms with Gasteiger partial charge in [-0.2, -0.15) is 0 Å². The topological polar surface area (TPSA) is 134 Å². The highest BCUT2D eigenvalue weighted by Crippen LogP contribution is 2.27. The Kier molecular flexibility index (Phi) is 10.8. The predicted octanol–water partition coefficient (Wildman–Crippen LogP) is 2.57. The highest BCUT2D eigenvalue weighted by Gasteiger charge is 2.34. The molecule has 0 fully saturated rings. The van der Waals surface area contributed by atoms with Crippen LogP contribution < -0.4 is 10.6 Å². The van der Waals surface area contributed by atoms with Gasteiger partial charge in [-0.3, -0.25) is 14.4 Å². The molecule has 0 aliphatic rings. The number of likely N-dealkylation sites (N-methyl/N-ethyl adjacent to an activating group) is 1. The lowest BCUT2D eigenvalue weighted by molar-refractivity contribution is -0.144. The molecule has 2 atom stereocenters. The van der Waals surface area contributed by atoms with Gasteiger partial charge in [-0.15, -0.1) is 0 Å². The molecule has 10 nitrogen and oxygen atoms in total. The van der Waals surface area contributed by atoms with Crippen LogP contribution in [0, 0.1) is 6.92 Å². The number of amides is 3. The van der Waals surface area contributed by atoms with Crippen LogP contribution >= 0.6 is 0 Å². The molecule has 10 heteroatoms. The van der Waals surface area contributed by atoms with Crippen LogP contribution in [-0.2, 0) is 23.9 Å². The third-order valence-corrected chi connectivity index (χ3v) is 4.76. The number of hydrogen-bond acceptors (Lipinski definition) is 7. The molecule has 1 aromatic rings. The number of aryl methyl sites for hydroxylation is 1. The van der Waals surface area contributed by atoms with Crippen molar-refractivity contribution < 1.29 is 33.8 Å². The highest BCUT2D eigenvalue weighted by molar-refractivity contribution is 5.92. The number of hydrogen-bond donors (Lipinski definition) is 3. The number of esters is 1. The second kappa shape index (κ2) is 12.8. The van der Waals surface area contributed by atoms with E-state index in [2.05, 4.69) is 10.6 Å². The van der Waals surface area contributed by atoms with E-state index < -0.39 is 41.6 Å². The fourth-order valence-corrected chi connectivity index (χ4v) is 3.20. The Bertz CT molecular complexity index is 880. The van der Waals surface area contributed by atoms with E-state index in [9.17, 15) is 24.3 Å². The second-order valence-electron chi connectivity index (χ2n) is 8.79. The number of carbonyl (C=O) groups is 4. The lowest BCUT2D eigenvalue weighted by Crippen LogP contribution is -2.52. The normalized spacial score (nSPS) is 12.8. The fourth-order valence-electron chi connectivity index (χ4n) is 3.20. The Labute approximate surface area is 201 Å². The van der Waals surface area contributed by atoms with Gasteiger partial charge in [0.1, 0.15) is 23.4 Å². The van der Waals surface area contributed by atoms with E-state index in [0.29, 0.717) is 11.1 Å². The minimum atomic E-state index is -1.05. The number of phenols is 1. The smallest absolute Gasteiger partial charge is 0.408 e. The Hall–Kier alpha value is -3.30. The van der Waals surface area contributed by atoms with Crippen molar-refractivity contribution in [1.29, 1.82) is 0 Å². The summed E-state index contributed by atoms with van der Waals surface area (Å²) >= 11 is 0. The van der Waals surface area contributed by atoms with E-state index in [1.165, 1.54) is 17.9 Å². The van der Waals surface area contributed by atoms with Crippen LogP contribution in [0.4, 0.5) is 4.79 Å². The zero-order valence-corrected chi connectivity index (χ0v) is 21.1. The standard InChI is InChI=1S/C24H37N3O7/c1-8-27(22(31)16(4)26-23(32)34-24(5,6)7)20(17-10-11-18(28)15(3)14-17)21(30)25-13-12-19(29)33-9-2/h10-11,14,16,20,28H,8-9,12-13H2,1-7H3,(H,25,30)(H,26,32). The van der Waals surface area contributed by atoms with Crippen molar-refractivity contribution in [2.75, 3.05) is 19.7 Å². The SMILES string of the molecule is CCOC(=O)CCNC(=O)C(c1ccc(O)c(C)c1)N(CC)C(=O)C(C)NC(=O)OC(C)(C)C.